The quantitative estimate of drug-likeness (QED) is 0.694. The lowest BCUT2D eigenvalue weighted by molar-refractivity contribution is -0.131. The summed E-state index contributed by atoms with van der Waals surface area (Å²) in [6, 6.07) is 1.97. The molecule has 66 valence electrons. The van der Waals surface area contributed by atoms with Crippen LogP contribution in [0.3, 0.4) is 0 Å². The summed E-state index contributed by atoms with van der Waals surface area (Å²) in [5.74, 6) is -0.873. The second kappa shape index (κ2) is 3.18. The van der Waals surface area contributed by atoms with Gasteiger partial charge in [0.15, 0.2) is 0 Å². The summed E-state index contributed by atoms with van der Waals surface area (Å²) < 4.78 is 0. The van der Waals surface area contributed by atoms with Gasteiger partial charge in [0.1, 0.15) is 0 Å². The minimum atomic E-state index is -0.873. The van der Waals surface area contributed by atoms with Crippen LogP contribution in [0, 0.1) is 0 Å². The number of aliphatic carboxylic acids is 1. The van der Waals surface area contributed by atoms with Crippen LogP contribution in [0.25, 0.3) is 11.6 Å². The van der Waals surface area contributed by atoms with Crippen molar-refractivity contribution in [2.45, 2.75) is 6.42 Å². The van der Waals surface area contributed by atoms with E-state index in [9.17, 15) is 4.79 Å². The zero-order valence-electron chi connectivity index (χ0n) is 6.86. The Bertz CT molecular complexity index is 399. The molecule has 0 aliphatic heterocycles. The Labute approximate surface area is 79.8 Å². The zero-order valence-corrected chi connectivity index (χ0v) is 7.67. The van der Waals surface area contributed by atoms with Gasteiger partial charge in [-0.25, -0.2) is 4.79 Å². The van der Waals surface area contributed by atoms with Gasteiger partial charge in [-0.15, -0.1) is 11.3 Å². The fourth-order valence-electron chi connectivity index (χ4n) is 1.40. The topological polar surface area (TPSA) is 37.3 Å². The lowest BCUT2D eigenvalue weighted by atomic mass is 9.98. The first kappa shape index (κ1) is 8.26. The van der Waals surface area contributed by atoms with E-state index < -0.39 is 5.97 Å². The number of carboxylic acid groups (broad SMARTS) is 1. The number of thiophene rings is 1. The summed E-state index contributed by atoms with van der Waals surface area (Å²) in [7, 11) is 0. The lowest BCUT2D eigenvalue weighted by Gasteiger charge is -2.07. The van der Waals surface area contributed by atoms with Gasteiger partial charge in [-0.2, -0.15) is 0 Å². The van der Waals surface area contributed by atoms with E-state index in [1.54, 1.807) is 11.3 Å². The minimum Gasteiger partial charge on any atom is -0.478 e. The monoisotopic (exact) mass is 192 g/mol. The van der Waals surface area contributed by atoms with Gasteiger partial charge in [0, 0.05) is 11.0 Å². The van der Waals surface area contributed by atoms with Crippen LogP contribution >= 0.6 is 11.3 Å². The van der Waals surface area contributed by atoms with Crippen LogP contribution in [0.4, 0.5) is 0 Å². The van der Waals surface area contributed by atoms with Crippen molar-refractivity contribution in [2.24, 2.45) is 0 Å². The Hall–Kier alpha value is -1.35. The summed E-state index contributed by atoms with van der Waals surface area (Å²) in [6.07, 6.45) is 6.04. The first-order valence-corrected chi connectivity index (χ1v) is 4.83. The first-order chi connectivity index (χ1) is 6.27. The van der Waals surface area contributed by atoms with Crippen molar-refractivity contribution in [3.63, 3.8) is 0 Å². The highest BCUT2D eigenvalue weighted by Crippen LogP contribution is 2.32. The summed E-state index contributed by atoms with van der Waals surface area (Å²) in [4.78, 5) is 11.7. The third kappa shape index (κ3) is 1.55. The summed E-state index contributed by atoms with van der Waals surface area (Å²) in [5, 5.41) is 10.6. The maximum absolute atomic E-state index is 10.5. The molecule has 2 rings (SSSR count). The number of hydrogen-bond acceptors (Lipinski definition) is 2. The van der Waals surface area contributed by atoms with Crippen molar-refractivity contribution in [3.8, 4) is 0 Å². The highest BCUT2D eigenvalue weighted by Gasteiger charge is 2.11. The number of hydrogen-bond donors (Lipinski definition) is 1. The smallest absolute Gasteiger partial charge is 0.328 e. The molecule has 1 heterocycles. The Morgan fingerprint density at radius 2 is 2.46 bits per heavy atom. The molecule has 13 heavy (non-hydrogen) atoms. The third-order valence-electron chi connectivity index (χ3n) is 1.95. The number of rotatable bonds is 1. The third-order valence-corrected chi connectivity index (χ3v) is 2.83. The van der Waals surface area contributed by atoms with Gasteiger partial charge in [0.2, 0.25) is 0 Å². The molecule has 1 aliphatic rings. The van der Waals surface area contributed by atoms with Crippen LogP contribution in [-0.2, 0) is 4.79 Å². The number of carboxylic acids is 1. The Morgan fingerprint density at radius 3 is 3.23 bits per heavy atom. The largest absolute Gasteiger partial charge is 0.478 e. The van der Waals surface area contributed by atoms with Crippen LogP contribution in [0.2, 0.25) is 0 Å². The molecule has 3 heteroatoms. The molecule has 0 atom stereocenters. The fraction of sp³-hybridized carbons (Fsp3) is 0.100. The average molecular weight is 192 g/mol. The van der Waals surface area contributed by atoms with Gasteiger partial charge in [-0.05, 0) is 35.1 Å². The molecule has 0 radical (unpaired) electrons. The summed E-state index contributed by atoms with van der Waals surface area (Å²) >= 11 is 1.64. The van der Waals surface area contributed by atoms with Crippen LogP contribution in [-0.4, -0.2) is 11.1 Å². The van der Waals surface area contributed by atoms with Gasteiger partial charge in [-0.1, -0.05) is 6.08 Å². The molecule has 0 amide bonds. The molecule has 0 unspecified atom stereocenters. The molecule has 0 spiro atoms. The van der Waals surface area contributed by atoms with E-state index >= 15 is 0 Å². The van der Waals surface area contributed by atoms with Crippen LogP contribution in [0.5, 0.6) is 0 Å². The standard InChI is InChI=1S/C10H8O2S/c11-10(12)6-7-2-1-3-9-8(7)4-5-13-9/h1,3-6H,2H2,(H,11,12). The van der Waals surface area contributed by atoms with Crippen LogP contribution < -0.4 is 0 Å². The van der Waals surface area contributed by atoms with Crippen molar-refractivity contribution >= 4 is 29.0 Å². The zero-order chi connectivity index (χ0) is 9.26. The van der Waals surface area contributed by atoms with Gasteiger partial charge in [-0.3, -0.25) is 0 Å². The van der Waals surface area contributed by atoms with E-state index in [2.05, 4.69) is 0 Å². The lowest BCUT2D eigenvalue weighted by Crippen LogP contribution is -1.94. The molecule has 1 aromatic heterocycles. The molecule has 0 fully saturated rings. The highest BCUT2D eigenvalue weighted by molar-refractivity contribution is 7.11. The predicted molar refractivity (Wildman–Crippen MR) is 53.6 cm³/mol. The van der Waals surface area contributed by atoms with Crippen LogP contribution in [0.1, 0.15) is 16.9 Å². The normalized spacial score (nSPS) is 17.4. The van der Waals surface area contributed by atoms with Crippen LogP contribution in [0.15, 0.2) is 23.6 Å². The van der Waals surface area contributed by atoms with Crippen molar-refractivity contribution in [2.75, 3.05) is 0 Å². The van der Waals surface area contributed by atoms with Crippen molar-refractivity contribution in [3.05, 3.63) is 34.0 Å². The van der Waals surface area contributed by atoms with Crippen molar-refractivity contribution < 1.29 is 9.90 Å². The SMILES string of the molecule is O=C(O)C=C1CC=Cc2sccc21. The van der Waals surface area contributed by atoms with E-state index in [1.807, 2.05) is 23.6 Å². The fourth-order valence-corrected chi connectivity index (χ4v) is 2.26. The molecule has 1 N–H and O–H groups in total. The van der Waals surface area contributed by atoms with E-state index in [0.717, 1.165) is 22.4 Å². The predicted octanol–water partition coefficient (Wildman–Crippen LogP) is 2.63. The molecule has 1 aliphatic carbocycles. The van der Waals surface area contributed by atoms with Gasteiger partial charge >= 0.3 is 5.97 Å². The second-order valence-corrected chi connectivity index (χ2v) is 3.76. The van der Waals surface area contributed by atoms with E-state index in [-0.39, 0.29) is 0 Å². The molecule has 1 aromatic rings. The Balaban J connectivity index is 2.46. The highest BCUT2D eigenvalue weighted by atomic mass is 32.1. The molecule has 0 saturated carbocycles. The molecule has 0 aromatic carbocycles. The second-order valence-electron chi connectivity index (χ2n) is 2.81. The van der Waals surface area contributed by atoms with E-state index in [4.69, 9.17) is 5.11 Å². The molecule has 2 nitrogen and oxygen atoms in total. The number of allylic oxidation sites excluding steroid dienone is 2. The van der Waals surface area contributed by atoms with Crippen molar-refractivity contribution in [1.29, 1.82) is 0 Å². The van der Waals surface area contributed by atoms with E-state index in [1.165, 1.54) is 6.08 Å². The molecular weight excluding hydrogens is 184 g/mol. The average Bonchev–Trinajstić information content (AvgIpc) is 2.51. The Kier molecular flexibility index (Phi) is 2.02. The van der Waals surface area contributed by atoms with E-state index in [0.29, 0.717) is 0 Å². The van der Waals surface area contributed by atoms with Gasteiger partial charge < -0.3 is 5.11 Å². The minimum absolute atomic E-state index is 0.718. The number of carbonyl (C=O) groups is 1. The molecular formula is C10H8O2S. The maximum atomic E-state index is 10.5. The van der Waals surface area contributed by atoms with Crippen molar-refractivity contribution in [1.82, 2.24) is 0 Å². The first-order valence-electron chi connectivity index (χ1n) is 3.95. The number of fused-ring (bicyclic) bond motifs is 1. The molecule has 0 saturated heterocycles. The Morgan fingerprint density at radius 1 is 1.62 bits per heavy atom. The summed E-state index contributed by atoms with van der Waals surface area (Å²) in [5.41, 5.74) is 1.96. The molecule has 0 bridgehead atoms. The maximum Gasteiger partial charge on any atom is 0.328 e. The summed E-state index contributed by atoms with van der Waals surface area (Å²) in [6.45, 7) is 0. The van der Waals surface area contributed by atoms with Gasteiger partial charge in [0.25, 0.3) is 0 Å². The van der Waals surface area contributed by atoms with Gasteiger partial charge in [0.05, 0.1) is 0 Å².